The second kappa shape index (κ2) is 5.66. The van der Waals surface area contributed by atoms with E-state index >= 15 is 0 Å². The van der Waals surface area contributed by atoms with Crippen molar-refractivity contribution in [2.45, 2.75) is 5.38 Å². The highest BCUT2D eigenvalue weighted by Crippen LogP contribution is 2.29. The van der Waals surface area contributed by atoms with Gasteiger partial charge in [-0.15, -0.1) is 11.6 Å². The number of alkyl halides is 1. The highest BCUT2D eigenvalue weighted by molar-refractivity contribution is 6.35. The molecule has 0 aromatic heterocycles. The fourth-order valence-electron chi connectivity index (χ4n) is 2.39. The Hall–Kier alpha value is -2.19. The molecule has 1 nitrogen and oxygen atoms in total. The largest absolute Gasteiger partial charge is 0.292 e. The first-order chi connectivity index (χ1) is 10.2. The third-order valence-corrected chi connectivity index (χ3v) is 3.91. The van der Waals surface area contributed by atoms with Crippen molar-refractivity contribution in [3.63, 3.8) is 0 Å². The van der Waals surface area contributed by atoms with Gasteiger partial charge < -0.3 is 0 Å². The summed E-state index contributed by atoms with van der Waals surface area (Å²) in [6.07, 6.45) is 0. The van der Waals surface area contributed by atoms with E-state index in [2.05, 4.69) is 0 Å². The molecule has 3 aromatic carbocycles. The summed E-state index contributed by atoms with van der Waals surface area (Å²) in [6, 6.07) is 18.9. The molecule has 3 rings (SSSR count). The summed E-state index contributed by atoms with van der Waals surface area (Å²) in [7, 11) is 0. The SMILES string of the molecule is O=C(c1ccc(F)c2ccccc12)C(Cl)c1ccccc1. The van der Waals surface area contributed by atoms with Crippen molar-refractivity contribution < 1.29 is 9.18 Å². The molecule has 0 fully saturated rings. The molecule has 0 aliphatic heterocycles. The molecule has 104 valence electrons. The molecule has 0 aliphatic carbocycles. The number of rotatable bonds is 3. The van der Waals surface area contributed by atoms with Crippen molar-refractivity contribution in [1.82, 2.24) is 0 Å². The van der Waals surface area contributed by atoms with Crippen LogP contribution < -0.4 is 0 Å². The summed E-state index contributed by atoms with van der Waals surface area (Å²) in [5.74, 6) is -0.563. The summed E-state index contributed by atoms with van der Waals surface area (Å²) < 4.78 is 13.8. The fourth-order valence-corrected chi connectivity index (χ4v) is 2.65. The van der Waals surface area contributed by atoms with Crippen LogP contribution in [0.15, 0.2) is 66.7 Å². The Morgan fingerprint density at radius 1 is 0.857 bits per heavy atom. The molecule has 0 aliphatic rings. The Morgan fingerprint density at radius 3 is 2.19 bits per heavy atom. The van der Waals surface area contributed by atoms with E-state index in [-0.39, 0.29) is 11.6 Å². The molecule has 21 heavy (non-hydrogen) atoms. The summed E-state index contributed by atoms with van der Waals surface area (Å²) in [4.78, 5) is 12.6. The lowest BCUT2D eigenvalue weighted by Crippen LogP contribution is -2.08. The fraction of sp³-hybridized carbons (Fsp3) is 0.0556. The van der Waals surface area contributed by atoms with Crippen LogP contribution in [0.5, 0.6) is 0 Å². The molecule has 0 amide bonds. The van der Waals surface area contributed by atoms with Crippen LogP contribution >= 0.6 is 11.6 Å². The molecule has 0 spiro atoms. The van der Waals surface area contributed by atoms with Crippen LogP contribution in [0.4, 0.5) is 4.39 Å². The Labute approximate surface area is 127 Å². The molecule has 0 bridgehead atoms. The lowest BCUT2D eigenvalue weighted by molar-refractivity contribution is 0.0988. The van der Waals surface area contributed by atoms with Crippen molar-refractivity contribution >= 4 is 28.2 Å². The first-order valence-corrected chi connectivity index (χ1v) is 7.02. The molecule has 0 saturated carbocycles. The summed E-state index contributed by atoms with van der Waals surface area (Å²) >= 11 is 6.29. The normalized spacial score (nSPS) is 12.3. The molecular weight excluding hydrogens is 287 g/mol. The van der Waals surface area contributed by atoms with Crippen LogP contribution in [0, 0.1) is 5.82 Å². The van der Waals surface area contributed by atoms with Crippen molar-refractivity contribution in [3.05, 3.63) is 83.7 Å². The van der Waals surface area contributed by atoms with E-state index in [0.717, 1.165) is 5.56 Å². The zero-order valence-corrected chi connectivity index (χ0v) is 11.8. The number of halogens is 2. The Bertz CT molecular complexity index is 799. The van der Waals surface area contributed by atoms with Crippen LogP contribution in [0.3, 0.4) is 0 Å². The third kappa shape index (κ3) is 2.55. The minimum Gasteiger partial charge on any atom is -0.292 e. The van der Waals surface area contributed by atoms with Gasteiger partial charge in [-0.05, 0) is 23.1 Å². The van der Waals surface area contributed by atoms with Crippen LogP contribution in [0.25, 0.3) is 10.8 Å². The Morgan fingerprint density at radius 2 is 1.48 bits per heavy atom. The summed E-state index contributed by atoms with van der Waals surface area (Å²) in [6.45, 7) is 0. The van der Waals surface area contributed by atoms with Crippen molar-refractivity contribution in [2.75, 3.05) is 0 Å². The second-order valence-electron chi connectivity index (χ2n) is 4.78. The monoisotopic (exact) mass is 298 g/mol. The number of fused-ring (bicyclic) bond motifs is 1. The standard InChI is InChI=1S/C18H12ClFO/c19-17(12-6-2-1-3-7-12)18(21)15-10-11-16(20)14-9-5-4-8-13(14)15/h1-11,17H. The van der Waals surface area contributed by atoms with Gasteiger partial charge in [-0.25, -0.2) is 4.39 Å². The van der Waals surface area contributed by atoms with Gasteiger partial charge in [-0.2, -0.15) is 0 Å². The maximum Gasteiger partial charge on any atom is 0.185 e. The first-order valence-electron chi connectivity index (χ1n) is 6.59. The van der Waals surface area contributed by atoms with E-state index in [4.69, 9.17) is 11.6 Å². The zero-order chi connectivity index (χ0) is 14.8. The number of Topliss-reactive ketones (excluding diaryl/α,β-unsaturated/α-hetero) is 1. The Kier molecular flexibility index (Phi) is 3.72. The minimum atomic E-state index is -0.778. The van der Waals surface area contributed by atoms with Crippen molar-refractivity contribution in [2.24, 2.45) is 0 Å². The number of hydrogen-bond donors (Lipinski definition) is 0. The minimum absolute atomic E-state index is 0.223. The van der Waals surface area contributed by atoms with E-state index < -0.39 is 5.38 Å². The molecule has 0 heterocycles. The summed E-state index contributed by atoms with van der Waals surface area (Å²) in [5, 5.41) is 0.240. The van der Waals surface area contributed by atoms with Gasteiger partial charge in [0.25, 0.3) is 0 Å². The van der Waals surface area contributed by atoms with E-state index in [1.807, 2.05) is 18.2 Å². The van der Waals surface area contributed by atoms with Gasteiger partial charge >= 0.3 is 0 Å². The number of carbonyl (C=O) groups is 1. The molecule has 0 saturated heterocycles. The highest BCUT2D eigenvalue weighted by Gasteiger charge is 2.21. The zero-order valence-electron chi connectivity index (χ0n) is 11.1. The average molecular weight is 299 g/mol. The molecule has 3 aromatic rings. The van der Waals surface area contributed by atoms with E-state index in [1.165, 1.54) is 12.1 Å². The van der Waals surface area contributed by atoms with E-state index in [9.17, 15) is 9.18 Å². The molecule has 0 N–H and O–H groups in total. The van der Waals surface area contributed by atoms with E-state index in [0.29, 0.717) is 16.3 Å². The molecule has 0 radical (unpaired) electrons. The van der Waals surface area contributed by atoms with Gasteiger partial charge in [0.15, 0.2) is 5.78 Å². The smallest absolute Gasteiger partial charge is 0.185 e. The Balaban J connectivity index is 2.09. The molecule has 1 atom stereocenters. The maximum absolute atomic E-state index is 13.8. The van der Waals surface area contributed by atoms with Gasteiger partial charge in [-0.1, -0.05) is 54.6 Å². The predicted octanol–water partition coefficient (Wildman–Crippen LogP) is 5.14. The van der Waals surface area contributed by atoms with Crippen LogP contribution in [0.2, 0.25) is 0 Å². The van der Waals surface area contributed by atoms with Gasteiger partial charge in [0.05, 0.1) is 0 Å². The number of hydrogen-bond acceptors (Lipinski definition) is 1. The average Bonchev–Trinajstić information content (AvgIpc) is 2.55. The van der Waals surface area contributed by atoms with Gasteiger partial charge in [0.2, 0.25) is 0 Å². The predicted molar refractivity (Wildman–Crippen MR) is 83.3 cm³/mol. The summed E-state index contributed by atoms with van der Waals surface area (Å²) in [5.41, 5.74) is 1.17. The molecule has 1 unspecified atom stereocenters. The van der Waals surface area contributed by atoms with Crippen LogP contribution in [0.1, 0.15) is 21.3 Å². The van der Waals surface area contributed by atoms with Crippen LogP contribution in [-0.2, 0) is 0 Å². The molecule has 3 heteroatoms. The highest BCUT2D eigenvalue weighted by atomic mass is 35.5. The van der Waals surface area contributed by atoms with E-state index in [1.54, 1.807) is 36.4 Å². The lowest BCUT2D eigenvalue weighted by Gasteiger charge is -2.11. The van der Waals surface area contributed by atoms with Gasteiger partial charge in [0.1, 0.15) is 11.2 Å². The number of carbonyl (C=O) groups excluding carboxylic acids is 1. The van der Waals surface area contributed by atoms with Crippen LogP contribution in [-0.4, -0.2) is 5.78 Å². The van der Waals surface area contributed by atoms with Crippen molar-refractivity contribution in [1.29, 1.82) is 0 Å². The topological polar surface area (TPSA) is 17.1 Å². The first kappa shape index (κ1) is 13.8. The lowest BCUT2D eigenvalue weighted by atomic mass is 9.97. The van der Waals surface area contributed by atoms with Gasteiger partial charge in [-0.3, -0.25) is 4.79 Å². The second-order valence-corrected chi connectivity index (χ2v) is 5.21. The van der Waals surface area contributed by atoms with Gasteiger partial charge in [0, 0.05) is 10.9 Å². The number of benzene rings is 3. The van der Waals surface area contributed by atoms with Crippen molar-refractivity contribution in [3.8, 4) is 0 Å². The maximum atomic E-state index is 13.8. The third-order valence-electron chi connectivity index (χ3n) is 3.46. The quantitative estimate of drug-likeness (QED) is 0.483. The molecular formula is C18H12ClFO. The number of ketones is 1.